The summed E-state index contributed by atoms with van der Waals surface area (Å²) in [5.41, 5.74) is 1.17. The molecule has 3 rings (SSSR count). The zero-order valence-corrected chi connectivity index (χ0v) is 12.6. The maximum Gasteiger partial charge on any atom is 0.131 e. The van der Waals surface area contributed by atoms with Gasteiger partial charge in [0, 0.05) is 24.5 Å². The van der Waals surface area contributed by atoms with Crippen LogP contribution in [0, 0.1) is 5.82 Å². The van der Waals surface area contributed by atoms with Crippen LogP contribution in [-0.2, 0) is 6.54 Å². The van der Waals surface area contributed by atoms with Gasteiger partial charge in [0.05, 0.1) is 0 Å². The fraction of sp³-hybridized carbons (Fsp3) is 0.444. The molecule has 1 saturated heterocycles. The molecule has 2 nitrogen and oxygen atoms in total. The van der Waals surface area contributed by atoms with E-state index in [0.29, 0.717) is 11.4 Å². The van der Waals surface area contributed by atoms with Gasteiger partial charge in [0.15, 0.2) is 0 Å². The lowest BCUT2D eigenvalue weighted by atomic mass is 10.0. The summed E-state index contributed by atoms with van der Waals surface area (Å²) in [4.78, 5) is 2.51. The van der Waals surface area contributed by atoms with Crippen LogP contribution in [0.1, 0.15) is 25.3 Å². The number of nitrogens with one attached hydrogen (secondary N) is 1. The lowest BCUT2D eigenvalue weighted by molar-refractivity contribution is 0.298. The first-order valence-corrected chi connectivity index (χ1v) is 7.86. The second-order valence-corrected chi connectivity index (χ2v) is 6.04. The SMILES string of the molecule is CC(CN1CCCC1)NCc1ccc(F)c2ccccc12. The van der Waals surface area contributed by atoms with E-state index in [1.807, 2.05) is 30.3 Å². The quantitative estimate of drug-likeness (QED) is 0.904. The Morgan fingerprint density at radius 2 is 1.81 bits per heavy atom. The van der Waals surface area contributed by atoms with E-state index in [2.05, 4.69) is 17.1 Å². The zero-order chi connectivity index (χ0) is 14.7. The smallest absolute Gasteiger partial charge is 0.131 e. The molecule has 1 heterocycles. The molecule has 1 fully saturated rings. The summed E-state index contributed by atoms with van der Waals surface area (Å²) in [5.74, 6) is -0.139. The minimum Gasteiger partial charge on any atom is -0.309 e. The number of hydrogen-bond donors (Lipinski definition) is 1. The molecule has 1 aliphatic rings. The Labute approximate surface area is 126 Å². The first-order valence-electron chi connectivity index (χ1n) is 7.86. The van der Waals surface area contributed by atoms with Crippen molar-refractivity contribution in [3.63, 3.8) is 0 Å². The molecule has 21 heavy (non-hydrogen) atoms. The normalized spacial score (nSPS) is 17.4. The molecule has 1 unspecified atom stereocenters. The Hall–Kier alpha value is -1.45. The number of hydrogen-bond acceptors (Lipinski definition) is 2. The molecule has 2 aromatic rings. The Bertz CT molecular complexity index is 605. The molecule has 0 aliphatic carbocycles. The molecule has 0 bridgehead atoms. The summed E-state index contributed by atoms with van der Waals surface area (Å²) < 4.78 is 13.8. The van der Waals surface area contributed by atoms with Crippen molar-refractivity contribution in [1.82, 2.24) is 10.2 Å². The second-order valence-electron chi connectivity index (χ2n) is 6.04. The predicted octanol–water partition coefficient (Wildman–Crippen LogP) is 3.55. The fourth-order valence-corrected chi connectivity index (χ4v) is 3.18. The molecule has 1 N–H and O–H groups in total. The highest BCUT2D eigenvalue weighted by atomic mass is 19.1. The third kappa shape index (κ3) is 3.42. The van der Waals surface area contributed by atoms with Crippen molar-refractivity contribution < 1.29 is 4.39 Å². The van der Waals surface area contributed by atoms with Gasteiger partial charge in [-0.25, -0.2) is 4.39 Å². The molecule has 0 aromatic heterocycles. The Balaban J connectivity index is 1.66. The molecule has 1 aliphatic heterocycles. The molecule has 0 saturated carbocycles. The minimum absolute atomic E-state index is 0.139. The maximum atomic E-state index is 13.8. The van der Waals surface area contributed by atoms with Gasteiger partial charge in [-0.2, -0.15) is 0 Å². The van der Waals surface area contributed by atoms with Gasteiger partial charge in [0.2, 0.25) is 0 Å². The molecule has 112 valence electrons. The lowest BCUT2D eigenvalue weighted by Gasteiger charge is -2.21. The number of benzene rings is 2. The monoisotopic (exact) mass is 286 g/mol. The van der Waals surface area contributed by atoms with Gasteiger partial charge in [-0.3, -0.25) is 0 Å². The van der Waals surface area contributed by atoms with Crippen LogP contribution in [-0.4, -0.2) is 30.6 Å². The highest BCUT2D eigenvalue weighted by Gasteiger charge is 2.14. The van der Waals surface area contributed by atoms with Crippen molar-refractivity contribution in [2.24, 2.45) is 0 Å². The topological polar surface area (TPSA) is 15.3 Å². The summed E-state index contributed by atoms with van der Waals surface area (Å²) in [6.45, 7) is 6.57. The predicted molar refractivity (Wildman–Crippen MR) is 85.9 cm³/mol. The van der Waals surface area contributed by atoms with E-state index in [9.17, 15) is 4.39 Å². The van der Waals surface area contributed by atoms with Gasteiger partial charge >= 0.3 is 0 Å². The van der Waals surface area contributed by atoms with Crippen molar-refractivity contribution in [2.45, 2.75) is 32.4 Å². The standard InChI is InChI=1S/C18H23FN2/c1-14(13-21-10-4-5-11-21)20-12-15-8-9-18(19)17-7-3-2-6-16(15)17/h2-3,6-9,14,20H,4-5,10-13H2,1H3. The van der Waals surface area contributed by atoms with Crippen LogP contribution in [0.15, 0.2) is 36.4 Å². The average molecular weight is 286 g/mol. The minimum atomic E-state index is -0.139. The van der Waals surface area contributed by atoms with Crippen molar-refractivity contribution in [1.29, 1.82) is 0 Å². The van der Waals surface area contributed by atoms with E-state index < -0.39 is 0 Å². The number of likely N-dealkylation sites (tertiary alicyclic amines) is 1. The fourth-order valence-electron chi connectivity index (χ4n) is 3.18. The molecular weight excluding hydrogens is 263 g/mol. The zero-order valence-electron chi connectivity index (χ0n) is 12.6. The number of rotatable bonds is 5. The Kier molecular flexibility index (Phi) is 4.51. The van der Waals surface area contributed by atoms with Crippen LogP contribution in [0.2, 0.25) is 0 Å². The Morgan fingerprint density at radius 3 is 2.57 bits per heavy atom. The molecule has 0 spiro atoms. The van der Waals surface area contributed by atoms with Gasteiger partial charge in [-0.15, -0.1) is 0 Å². The van der Waals surface area contributed by atoms with Crippen LogP contribution in [0.5, 0.6) is 0 Å². The molecule has 3 heteroatoms. The second kappa shape index (κ2) is 6.54. The van der Waals surface area contributed by atoms with Crippen LogP contribution >= 0.6 is 0 Å². The van der Waals surface area contributed by atoms with E-state index >= 15 is 0 Å². The molecule has 2 aromatic carbocycles. The summed E-state index contributed by atoms with van der Waals surface area (Å²) in [7, 11) is 0. The van der Waals surface area contributed by atoms with E-state index in [4.69, 9.17) is 0 Å². The van der Waals surface area contributed by atoms with Crippen molar-refractivity contribution in [3.8, 4) is 0 Å². The number of fused-ring (bicyclic) bond motifs is 1. The van der Waals surface area contributed by atoms with Crippen molar-refractivity contribution >= 4 is 10.8 Å². The van der Waals surface area contributed by atoms with E-state index in [-0.39, 0.29) is 5.82 Å². The van der Waals surface area contributed by atoms with Crippen molar-refractivity contribution in [3.05, 3.63) is 47.8 Å². The van der Waals surface area contributed by atoms with E-state index in [1.165, 1.54) is 31.5 Å². The summed E-state index contributed by atoms with van der Waals surface area (Å²) in [5, 5.41) is 5.30. The third-order valence-corrected chi connectivity index (χ3v) is 4.33. The maximum absolute atomic E-state index is 13.8. The highest BCUT2D eigenvalue weighted by molar-refractivity contribution is 5.86. The summed E-state index contributed by atoms with van der Waals surface area (Å²) >= 11 is 0. The number of halogens is 1. The lowest BCUT2D eigenvalue weighted by Crippen LogP contribution is -2.37. The van der Waals surface area contributed by atoms with Crippen LogP contribution < -0.4 is 5.32 Å². The third-order valence-electron chi connectivity index (χ3n) is 4.33. The largest absolute Gasteiger partial charge is 0.309 e. The molecule has 0 amide bonds. The molecule has 0 radical (unpaired) electrons. The first kappa shape index (κ1) is 14.5. The van der Waals surface area contributed by atoms with Crippen LogP contribution in [0.4, 0.5) is 4.39 Å². The first-order chi connectivity index (χ1) is 10.2. The van der Waals surface area contributed by atoms with Gasteiger partial charge in [-0.1, -0.05) is 30.3 Å². The summed E-state index contributed by atoms with van der Waals surface area (Å²) in [6, 6.07) is 11.6. The molecular formula is C18H23FN2. The Morgan fingerprint density at radius 1 is 1.10 bits per heavy atom. The van der Waals surface area contributed by atoms with Gasteiger partial charge < -0.3 is 10.2 Å². The van der Waals surface area contributed by atoms with Crippen LogP contribution in [0.3, 0.4) is 0 Å². The van der Waals surface area contributed by atoms with Gasteiger partial charge in [0.25, 0.3) is 0 Å². The van der Waals surface area contributed by atoms with E-state index in [0.717, 1.165) is 18.5 Å². The summed E-state index contributed by atoms with van der Waals surface area (Å²) in [6.07, 6.45) is 2.66. The van der Waals surface area contributed by atoms with E-state index in [1.54, 1.807) is 6.07 Å². The average Bonchev–Trinajstić information content (AvgIpc) is 3.00. The highest BCUT2D eigenvalue weighted by Crippen LogP contribution is 2.21. The van der Waals surface area contributed by atoms with Gasteiger partial charge in [-0.05, 0) is 49.9 Å². The number of nitrogens with zero attached hydrogens (tertiary/aromatic N) is 1. The van der Waals surface area contributed by atoms with Crippen LogP contribution in [0.25, 0.3) is 10.8 Å². The molecule has 1 atom stereocenters. The van der Waals surface area contributed by atoms with Crippen molar-refractivity contribution in [2.75, 3.05) is 19.6 Å². The van der Waals surface area contributed by atoms with Gasteiger partial charge in [0.1, 0.15) is 5.82 Å².